The lowest BCUT2D eigenvalue weighted by Gasteiger charge is -2.18. The zero-order valence-electron chi connectivity index (χ0n) is 31.3. The van der Waals surface area contributed by atoms with E-state index in [0.717, 1.165) is 17.1 Å². The summed E-state index contributed by atoms with van der Waals surface area (Å²) in [7, 11) is 0. The molecular formula is C54H33N3S. The van der Waals surface area contributed by atoms with E-state index >= 15 is 0 Å². The molecule has 0 fully saturated rings. The minimum absolute atomic E-state index is 1.15. The van der Waals surface area contributed by atoms with Gasteiger partial charge in [-0.3, -0.25) is 0 Å². The first-order valence-electron chi connectivity index (χ1n) is 19.9. The van der Waals surface area contributed by atoms with E-state index in [0.29, 0.717) is 0 Å². The number of fused-ring (bicyclic) bond motifs is 14. The van der Waals surface area contributed by atoms with Gasteiger partial charge in [-0.25, -0.2) is 0 Å². The van der Waals surface area contributed by atoms with E-state index in [9.17, 15) is 0 Å². The molecule has 0 radical (unpaired) electrons. The number of para-hydroxylation sites is 6. The number of hydrogen-bond acceptors (Lipinski definition) is 1. The Balaban J connectivity index is 1.11. The molecule has 0 aliphatic heterocycles. The number of aromatic nitrogens is 3. The van der Waals surface area contributed by atoms with E-state index in [4.69, 9.17) is 0 Å². The molecule has 0 spiro atoms. The monoisotopic (exact) mass is 755 g/mol. The largest absolute Gasteiger partial charge is 0.309 e. The first kappa shape index (κ1) is 31.8. The average Bonchev–Trinajstić information content (AvgIpc) is 4.03. The highest BCUT2D eigenvalue weighted by molar-refractivity contribution is 7.26. The van der Waals surface area contributed by atoms with Gasteiger partial charge in [0.25, 0.3) is 0 Å². The molecule has 0 saturated carbocycles. The van der Waals surface area contributed by atoms with Gasteiger partial charge in [0.1, 0.15) is 0 Å². The normalized spacial score (nSPS) is 12.1. The third-order valence-electron chi connectivity index (χ3n) is 12.2. The number of thiophene rings is 1. The Kier molecular flexibility index (Phi) is 6.60. The van der Waals surface area contributed by atoms with Crippen molar-refractivity contribution in [2.24, 2.45) is 0 Å². The van der Waals surface area contributed by atoms with E-state index in [1.165, 1.54) is 96.7 Å². The van der Waals surface area contributed by atoms with Crippen LogP contribution in [-0.2, 0) is 0 Å². The molecule has 0 N–H and O–H groups in total. The van der Waals surface area contributed by atoms with Gasteiger partial charge in [-0.15, -0.1) is 11.3 Å². The van der Waals surface area contributed by atoms with Gasteiger partial charge in [-0.2, -0.15) is 0 Å². The lowest BCUT2D eigenvalue weighted by Crippen LogP contribution is -2.01. The number of rotatable bonds is 4. The van der Waals surface area contributed by atoms with Gasteiger partial charge in [-0.1, -0.05) is 140 Å². The SMILES string of the molecule is c1ccc(-n2c3ccccc3c3ccc4c(c5ccccc5n4-c4ccccc4-c4ccccc4-n4c5ccccc5c5c6sc7ccccc7c6ccc54)c32)cc1. The van der Waals surface area contributed by atoms with Gasteiger partial charge < -0.3 is 13.7 Å². The molecule has 3 nitrogen and oxygen atoms in total. The summed E-state index contributed by atoms with van der Waals surface area (Å²) in [6.45, 7) is 0. The third kappa shape index (κ3) is 4.27. The molecule has 0 aliphatic carbocycles. The molecule has 0 saturated heterocycles. The summed E-state index contributed by atoms with van der Waals surface area (Å²) in [4.78, 5) is 0. The van der Waals surface area contributed by atoms with Crippen molar-refractivity contribution in [2.75, 3.05) is 0 Å². The predicted molar refractivity (Wildman–Crippen MR) is 248 cm³/mol. The van der Waals surface area contributed by atoms with Crippen LogP contribution in [0.5, 0.6) is 0 Å². The van der Waals surface area contributed by atoms with Gasteiger partial charge in [0.2, 0.25) is 0 Å². The second-order valence-electron chi connectivity index (χ2n) is 15.2. The van der Waals surface area contributed by atoms with Gasteiger partial charge in [0.15, 0.2) is 0 Å². The average molecular weight is 756 g/mol. The van der Waals surface area contributed by atoms with Crippen LogP contribution >= 0.6 is 11.3 Å². The van der Waals surface area contributed by atoms with Crippen LogP contribution in [-0.4, -0.2) is 13.7 Å². The molecule has 0 unspecified atom stereocenters. The standard InChI is InChI=1S/C54H33N3S/c1-2-16-34(17-3-1)55-43-24-10-6-20-37(43)39-30-32-48-51(53(39)55)41-22-7-13-27-46(41)56(48)44-25-11-4-18-35(44)36-19-5-12-26-45(36)57-47-28-14-8-23-42(47)52-49(57)33-31-40-38-21-9-15-29-50(38)58-54(40)52/h1-33H. The Morgan fingerprint density at radius 1 is 0.293 bits per heavy atom. The van der Waals surface area contributed by atoms with Crippen molar-refractivity contribution in [3.8, 4) is 28.2 Å². The molecule has 0 aliphatic rings. The summed E-state index contributed by atoms with van der Waals surface area (Å²) in [5, 5.41) is 10.2. The van der Waals surface area contributed by atoms with Crippen LogP contribution in [0.2, 0.25) is 0 Å². The highest BCUT2D eigenvalue weighted by Gasteiger charge is 2.24. The van der Waals surface area contributed by atoms with Crippen LogP contribution in [0.1, 0.15) is 0 Å². The van der Waals surface area contributed by atoms with Crippen molar-refractivity contribution in [1.82, 2.24) is 13.7 Å². The molecule has 270 valence electrons. The van der Waals surface area contributed by atoms with Crippen molar-refractivity contribution >= 4 is 96.9 Å². The molecule has 0 atom stereocenters. The Labute approximate surface area is 337 Å². The van der Waals surface area contributed by atoms with Crippen LogP contribution in [0.3, 0.4) is 0 Å². The molecule has 13 rings (SSSR count). The Bertz CT molecular complexity index is 3800. The summed E-state index contributed by atoms with van der Waals surface area (Å²) >= 11 is 1.90. The molecule has 58 heavy (non-hydrogen) atoms. The van der Waals surface area contributed by atoms with Gasteiger partial charge in [-0.05, 0) is 60.7 Å². The summed E-state index contributed by atoms with van der Waals surface area (Å²) in [5.41, 5.74) is 13.1. The van der Waals surface area contributed by atoms with Crippen molar-refractivity contribution in [1.29, 1.82) is 0 Å². The molecule has 4 heteroatoms. The highest BCUT2D eigenvalue weighted by Crippen LogP contribution is 2.46. The molecule has 4 aromatic heterocycles. The highest BCUT2D eigenvalue weighted by atomic mass is 32.1. The molecular weight excluding hydrogens is 723 g/mol. The fourth-order valence-electron chi connectivity index (χ4n) is 9.90. The van der Waals surface area contributed by atoms with Crippen molar-refractivity contribution < 1.29 is 0 Å². The summed E-state index contributed by atoms with van der Waals surface area (Å²) in [6.07, 6.45) is 0. The summed E-state index contributed by atoms with van der Waals surface area (Å²) in [6, 6.07) is 73.5. The lowest BCUT2D eigenvalue weighted by molar-refractivity contribution is 1.16. The van der Waals surface area contributed by atoms with E-state index < -0.39 is 0 Å². The number of nitrogens with zero attached hydrogens (tertiary/aromatic N) is 3. The maximum atomic E-state index is 2.50. The van der Waals surface area contributed by atoms with Crippen LogP contribution in [0.25, 0.3) is 114 Å². The van der Waals surface area contributed by atoms with E-state index in [1.54, 1.807) is 0 Å². The van der Waals surface area contributed by atoms with Crippen LogP contribution in [0.15, 0.2) is 200 Å². The first-order chi connectivity index (χ1) is 28.8. The second-order valence-corrected chi connectivity index (χ2v) is 16.3. The molecule has 0 amide bonds. The fourth-order valence-corrected chi connectivity index (χ4v) is 11.2. The zero-order valence-corrected chi connectivity index (χ0v) is 32.1. The van der Waals surface area contributed by atoms with E-state index in [1.807, 2.05) is 11.3 Å². The van der Waals surface area contributed by atoms with Crippen molar-refractivity contribution in [3.05, 3.63) is 200 Å². The number of hydrogen-bond donors (Lipinski definition) is 0. The van der Waals surface area contributed by atoms with Crippen molar-refractivity contribution in [3.63, 3.8) is 0 Å². The molecule has 9 aromatic carbocycles. The molecule has 13 aromatic rings. The van der Waals surface area contributed by atoms with Crippen LogP contribution < -0.4 is 0 Å². The van der Waals surface area contributed by atoms with Gasteiger partial charge >= 0.3 is 0 Å². The smallest absolute Gasteiger partial charge is 0.0641 e. The Hall–Kier alpha value is -7.40. The van der Waals surface area contributed by atoms with Crippen molar-refractivity contribution in [2.45, 2.75) is 0 Å². The van der Waals surface area contributed by atoms with Crippen LogP contribution in [0, 0.1) is 0 Å². The van der Waals surface area contributed by atoms with Gasteiger partial charge in [0, 0.05) is 69.3 Å². The zero-order chi connectivity index (χ0) is 37.9. The Morgan fingerprint density at radius 3 is 1.45 bits per heavy atom. The molecule has 4 heterocycles. The maximum Gasteiger partial charge on any atom is 0.0641 e. The first-order valence-corrected chi connectivity index (χ1v) is 20.7. The molecule has 0 bridgehead atoms. The van der Waals surface area contributed by atoms with E-state index in [2.05, 4.69) is 214 Å². The topological polar surface area (TPSA) is 14.8 Å². The Morgan fingerprint density at radius 2 is 0.776 bits per heavy atom. The summed E-state index contributed by atoms with van der Waals surface area (Å²) in [5.74, 6) is 0. The van der Waals surface area contributed by atoms with Crippen LogP contribution in [0.4, 0.5) is 0 Å². The predicted octanol–water partition coefficient (Wildman–Crippen LogP) is 15.0. The fraction of sp³-hybridized carbons (Fsp3) is 0. The minimum atomic E-state index is 1.15. The second kappa shape index (κ2) is 12.1. The maximum absolute atomic E-state index is 2.50. The number of benzene rings is 9. The third-order valence-corrected chi connectivity index (χ3v) is 13.4. The van der Waals surface area contributed by atoms with Gasteiger partial charge in [0.05, 0.1) is 44.5 Å². The quantitative estimate of drug-likeness (QED) is 0.170. The summed E-state index contributed by atoms with van der Waals surface area (Å²) < 4.78 is 10.1. The minimum Gasteiger partial charge on any atom is -0.309 e. The van der Waals surface area contributed by atoms with E-state index in [-0.39, 0.29) is 0 Å². The lowest BCUT2D eigenvalue weighted by atomic mass is 10.0.